The van der Waals surface area contributed by atoms with Crippen LogP contribution in [0.3, 0.4) is 0 Å². The minimum atomic E-state index is -0.610. The first-order chi connectivity index (χ1) is 16.5. The van der Waals surface area contributed by atoms with Crippen LogP contribution >= 0.6 is 0 Å². The van der Waals surface area contributed by atoms with Crippen molar-refractivity contribution in [2.75, 3.05) is 20.8 Å². The van der Waals surface area contributed by atoms with Crippen molar-refractivity contribution in [3.05, 3.63) is 41.5 Å². The molecule has 0 amide bonds. The van der Waals surface area contributed by atoms with E-state index in [4.69, 9.17) is 23.7 Å². The molecule has 0 radical (unpaired) electrons. The van der Waals surface area contributed by atoms with E-state index in [0.717, 1.165) is 55.2 Å². The molecule has 2 aromatic rings. The molecular formula is C27H30O7. The topological polar surface area (TPSA) is 80.3 Å². The molecule has 180 valence electrons. The maximum absolute atomic E-state index is 13.0. The molecule has 5 rings (SSSR count). The van der Waals surface area contributed by atoms with Gasteiger partial charge < -0.3 is 23.7 Å². The summed E-state index contributed by atoms with van der Waals surface area (Å²) in [4.78, 5) is 24.9. The molecule has 0 spiro atoms. The zero-order valence-corrected chi connectivity index (χ0v) is 19.7. The van der Waals surface area contributed by atoms with Crippen molar-refractivity contribution in [2.24, 2.45) is 5.41 Å². The molecule has 3 aliphatic rings. The maximum atomic E-state index is 13.0. The van der Waals surface area contributed by atoms with Gasteiger partial charge in [0.2, 0.25) is 5.75 Å². The van der Waals surface area contributed by atoms with Gasteiger partial charge in [0.05, 0.1) is 19.8 Å². The Morgan fingerprint density at radius 1 is 1.00 bits per heavy atom. The van der Waals surface area contributed by atoms with Crippen LogP contribution in [0.25, 0.3) is 11.1 Å². The molecule has 1 heterocycles. The fourth-order valence-corrected chi connectivity index (χ4v) is 4.80. The number of cyclic esters (lactones) is 1. The summed E-state index contributed by atoms with van der Waals surface area (Å²) in [5.74, 6) is 1.04. The lowest BCUT2D eigenvalue weighted by molar-refractivity contribution is -0.158. The second kappa shape index (κ2) is 9.20. The molecule has 2 saturated carbocycles. The molecule has 0 saturated heterocycles. The first-order valence-electron chi connectivity index (χ1n) is 11.9. The van der Waals surface area contributed by atoms with Crippen LogP contribution in [0.4, 0.5) is 0 Å². The van der Waals surface area contributed by atoms with E-state index in [9.17, 15) is 9.59 Å². The number of carbonyl (C=O) groups excluding carboxylic acids is 2. The van der Waals surface area contributed by atoms with Crippen molar-refractivity contribution in [1.82, 2.24) is 0 Å². The Labute approximate surface area is 199 Å². The Morgan fingerprint density at radius 3 is 2.47 bits per heavy atom. The lowest BCUT2D eigenvalue weighted by Crippen LogP contribution is -2.30. The van der Waals surface area contributed by atoms with E-state index >= 15 is 0 Å². The number of rotatable bonds is 8. The first-order valence-corrected chi connectivity index (χ1v) is 11.9. The van der Waals surface area contributed by atoms with Gasteiger partial charge in [-0.2, -0.15) is 0 Å². The van der Waals surface area contributed by atoms with E-state index in [2.05, 4.69) is 0 Å². The van der Waals surface area contributed by atoms with Gasteiger partial charge in [-0.15, -0.1) is 0 Å². The zero-order valence-electron chi connectivity index (χ0n) is 19.7. The monoisotopic (exact) mass is 466 g/mol. The molecule has 0 bridgehead atoms. The van der Waals surface area contributed by atoms with Gasteiger partial charge in [0, 0.05) is 11.1 Å². The normalized spacial score (nSPS) is 18.6. The van der Waals surface area contributed by atoms with Crippen LogP contribution in [0.2, 0.25) is 0 Å². The molecule has 0 N–H and O–H groups in total. The minimum absolute atomic E-state index is 0.0250. The fraction of sp³-hybridized carbons (Fsp3) is 0.481. The minimum Gasteiger partial charge on any atom is -0.493 e. The highest BCUT2D eigenvalue weighted by molar-refractivity contribution is 5.94. The fourth-order valence-electron chi connectivity index (χ4n) is 4.80. The molecule has 0 unspecified atom stereocenters. The van der Waals surface area contributed by atoms with Gasteiger partial charge in [-0.25, -0.2) is 4.79 Å². The Morgan fingerprint density at radius 2 is 1.76 bits per heavy atom. The predicted octanol–water partition coefficient (Wildman–Crippen LogP) is 5.08. The second-order valence-electron chi connectivity index (χ2n) is 9.36. The Hall–Kier alpha value is -3.22. The maximum Gasteiger partial charge on any atom is 0.338 e. The molecule has 0 atom stereocenters. The third kappa shape index (κ3) is 4.19. The number of methoxy groups -OCH3 is 2. The predicted molar refractivity (Wildman–Crippen MR) is 124 cm³/mol. The highest BCUT2D eigenvalue weighted by atomic mass is 16.6. The number of esters is 2. The van der Waals surface area contributed by atoms with E-state index in [1.807, 2.05) is 24.3 Å². The van der Waals surface area contributed by atoms with Gasteiger partial charge in [-0.05, 0) is 68.4 Å². The van der Waals surface area contributed by atoms with Gasteiger partial charge in [0.15, 0.2) is 11.5 Å². The Bertz CT molecular complexity index is 1100. The van der Waals surface area contributed by atoms with Crippen LogP contribution in [-0.4, -0.2) is 38.9 Å². The number of carbonyl (C=O) groups is 2. The third-order valence-electron chi connectivity index (χ3n) is 7.10. The summed E-state index contributed by atoms with van der Waals surface area (Å²) < 4.78 is 28.5. The van der Waals surface area contributed by atoms with Crippen molar-refractivity contribution in [1.29, 1.82) is 0 Å². The van der Waals surface area contributed by atoms with Crippen molar-refractivity contribution < 1.29 is 33.3 Å². The lowest BCUT2D eigenvalue weighted by Gasteiger charge is -2.25. The highest BCUT2D eigenvalue weighted by Gasteiger charge is 2.53. The summed E-state index contributed by atoms with van der Waals surface area (Å²) in [7, 11) is 3.14. The van der Waals surface area contributed by atoms with Gasteiger partial charge in [-0.3, -0.25) is 4.79 Å². The second-order valence-corrected chi connectivity index (χ2v) is 9.36. The number of fused-ring (bicyclic) bond motifs is 1. The number of hydrogen-bond donors (Lipinski definition) is 0. The quantitative estimate of drug-likeness (QED) is 0.502. The Balaban J connectivity index is 1.41. The molecule has 1 aliphatic heterocycles. The summed E-state index contributed by atoms with van der Waals surface area (Å²) in [5.41, 5.74) is 2.45. The molecule has 7 nitrogen and oxygen atoms in total. The van der Waals surface area contributed by atoms with Crippen LogP contribution in [-0.2, 0) is 20.9 Å². The number of hydrogen-bond acceptors (Lipinski definition) is 7. The zero-order chi connectivity index (χ0) is 23.7. The first kappa shape index (κ1) is 22.6. The van der Waals surface area contributed by atoms with E-state index in [1.54, 1.807) is 20.3 Å². The molecule has 2 aromatic carbocycles. The van der Waals surface area contributed by atoms with Gasteiger partial charge in [0.25, 0.3) is 0 Å². The molecule has 0 aromatic heterocycles. The summed E-state index contributed by atoms with van der Waals surface area (Å²) in [6.07, 6.45) is 6.85. The highest BCUT2D eigenvalue weighted by Crippen LogP contribution is 2.50. The summed E-state index contributed by atoms with van der Waals surface area (Å²) in [6.45, 7) is 0.462. The van der Waals surface area contributed by atoms with Crippen LogP contribution in [0.15, 0.2) is 30.3 Å². The Kier molecular flexibility index (Phi) is 6.11. The van der Waals surface area contributed by atoms with Crippen LogP contribution in [0.5, 0.6) is 17.2 Å². The van der Waals surface area contributed by atoms with E-state index in [-0.39, 0.29) is 31.3 Å². The molecule has 2 fully saturated rings. The van der Waals surface area contributed by atoms with Gasteiger partial charge in [0.1, 0.15) is 24.7 Å². The van der Waals surface area contributed by atoms with Crippen molar-refractivity contribution in [3.63, 3.8) is 0 Å². The van der Waals surface area contributed by atoms with Crippen molar-refractivity contribution in [3.8, 4) is 28.4 Å². The average Bonchev–Trinajstić information content (AvgIpc) is 3.58. The average molecular weight is 467 g/mol. The van der Waals surface area contributed by atoms with Crippen molar-refractivity contribution >= 4 is 11.9 Å². The number of ether oxygens (including phenoxy) is 5. The van der Waals surface area contributed by atoms with E-state index in [1.165, 1.54) is 6.42 Å². The van der Waals surface area contributed by atoms with Gasteiger partial charge in [-0.1, -0.05) is 12.5 Å². The van der Waals surface area contributed by atoms with Crippen LogP contribution in [0, 0.1) is 5.41 Å². The SMILES string of the molecule is COc1ccc(-c2ccc3c(c2)COC3=O)c(OCC2(C(=O)OC3CCCCC3)CC2)c1OC. The smallest absolute Gasteiger partial charge is 0.338 e. The molecule has 7 heteroatoms. The lowest BCUT2D eigenvalue weighted by atomic mass is 9.97. The standard InChI is InChI=1S/C27H30O7/c1-30-22-11-10-20(17-8-9-21-18(14-17)15-32-25(21)28)23(24(22)31-2)33-16-27(12-13-27)26(29)34-19-6-4-3-5-7-19/h8-11,14,19H,3-7,12-13,15-16H2,1-2H3. The van der Waals surface area contributed by atoms with Gasteiger partial charge >= 0.3 is 11.9 Å². The van der Waals surface area contributed by atoms with E-state index < -0.39 is 5.41 Å². The molecule has 2 aliphatic carbocycles. The van der Waals surface area contributed by atoms with Crippen LogP contribution in [0.1, 0.15) is 60.9 Å². The third-order valence-corrected chi connectivity index (χ3v) is 7.10. The van der Waals surface area contributed by atoms with E-state index in [0.29, 0.717) is 22.8 Å². The van der Waals surface area contributed by atoms with Crippen molar-refractivity contribution in [2.45, 2.75) is 57.7 Å². The van der Waals surface area contributed by atoms with Crippen LogP contribution < -0.4 is 14.2 Å². The summed E-state index contributed by atoms with van der Waals surface area (Å²) >= 11 is 0. The summed E-state index contributed by atoms with van der Waals surface area (Å²) in [6, 6.07) is 9.28. The summed E-state index contributed by atoms with van der Waals surface area (Å²) in [5, 5.41) is 0. The largest absolute Gasteiger partial charge is 0.493 e. The number of benzene rings is 2. The molecule has 34 heavy (non-hydrogen) atoms. The molecular weight excluding hydrogens is 436 g/mol.